The van der Waals surface area contributed by atoms with Crippen LogP contribution < -0.4 is 10.2 Å². The van der Waals surface area contributed by atoms with Crippen molar-refractivity contribution in [3.63, 3.8) is 0 Å². The molecule has 0 aliphatic carbocycles. The summed E-state index contributed by atoms with van der Waals surface area (Å²) in [5, 5.41) is 4.81. The lowest BCUT2D eigenvalue weighted by Gasteiger charge is -2.31. The number of hydrogen-bond acceptors (Lipinski definition) is 4. The summed E-state index contributed by atoms with van der Waals surface area (Å²) in [4.78, 5) is 8.71. The molecule has 1 fully saturated rings. The summed E-state index contributed by atoms with van der Waals surface area (Å²) in [7, 11) is 0. The Morgan fingerprint density at radius 3 is 2.65 bits per heavy atom. The predicted octanol–water partition coefficient (Wildman–Crippen LogP) is 4.14. The zero-order valence-corrected chi connectivity index (χ0v) is 14.2. The number of aryl methyl sites for hydroxylation is 1. The van der Waals surface area contributed by atoms with Gasteiger partial charge in [-0.25, -0.2) is 4.98 Å². The van der Waals surface area contributed by atoms with Crippen molar-refractivity contribution in [1.29, 1.82) is 0 Å². The Morgan fingerprint density at radius 1 is 1.35 bits per heavy atom. The summed E-state index contributed by atoms with van der Waals surface area (Å²) in [5.74, 6) is 0.928. The Labute approximate surface area is 127 Å². The zero-order valence-electron chi connectivity index (χ0n) is 13.4. The van der Waals surface area contributed by atoms with Gasteiger partial charge in [0.05, 0.1) is 5.69 Å². The predicted molar refractivity (Wildman–Crippen MR) is 88.8 cm³/mol. The highest BCUT2D eigenvalue weighted by molar-refractivity contribution is 7.15. The third kappa shape index (κ3) is 3.73. The molecule has 1 aliphatic heterocycles. The topological polar surface area (TPSA) is 28.2 Å². The van der Waals surface area contributed by atoms with Crippen LogP contribution in [-0.4, -0.2) is 24.6 Å². The third-order valence-electron chi connectivity index (χ3n) is 4.38. The van der Waals surface area contributed by atoms with Gasteiger partial charge in [0.25, 0.3) is 0 Å². The second-order valence-corrected chi connectivity index (χ2v) is 6.97. The monoisotopic (exact) mass is 295 g/mol. The first-order valence-electron chi connectivity index (χ1n) is 8.11. The van der Waals surface area contributed by atoms with Crippen LogP contribution in [0.3, 0.4) is 0 Å². The molecule has 1 aromatic heterocycles. The minimum absolute atomic E-state index is 0.425. The SMILES string of the molecule is CCCNC(C)c1sc(N2CCC(CC)CC2)nc1C. The highest BCUT2D eigenvalue weighted by atomic mass is 32.1. The number of anilines is 1. The Morgan fingerprint density at radius 2 is 2.05 bits per heavy atom. The lowest BCUT2D eigenvalue weighted by Crippen LogP contribution is -2.33. The van der Waals surface area contributed by atoms with Gasteiger partial charge in [0.1, 0.15) is 0 Å². The first-order chi connectivity index (χ1) is 9.65. The third-order valence-corrected chi connectivity index (χ3v) is 5.78. The molecule has 1 saturated heterocycles. The summed E-state index contributed by atoms with van der Waals surface area (Å²) in [6, 6.07) is 0.425. The molecule has 1 atom stereocenters. The first-order valence-corrected chi connectivity index (χ1v) is 8.93. The molecule has 0 saturated carbocycles. The van der Waals surface area contributed by atoms with Crippen molar-refractivity contribution >= 4 is 16.5 Å². The van der Waals surface area contributed by atoms with Crippen molar-refractivity contribution in [2.24, 2.45) is 5.92 Å². The maximum absolute atomic E-state index is 4.82. The summed E-state index contributed by atoms with van der Waals surface area (Å²) in [6.07, 6.45) is 5.16. The average molecular weight is 295 g/mol. The van der Waals surface area contributed by atoms with E-state index in [0.717, 1.165) is 12.5 Å². The van der Waals surface area contributed by atoms with Gasteiger partial charge in [0, 0.05) is 24.0 Å². The second-order valence-electron chi connectivity index (χ2n) is 5.96. The van der Waals surface area contributed by atoms with Crippen LogP contribution in [0.4, 0.5) is 5.13 Å². The van der Waals surface area contributed by atoms with E-state index in [1.165, 1.54) is 54.5 Å². The summed E-state index contributed by atoms with van der Waals surface area (Å²) in [5.41, 5.74) is 1.21. The van der Waals surface area contributed by atoms with E-state index >= 15 is 0 Å². The summed E-state index contributed by atoms with van der Waals surface area (Å²) in [6.45, 7) is 12.4. The largest absolute Gasteiger partial charge is 0.348 e. The zero-order chi connectivity index (χ0) is 14.5. The minimum Gasteiger partial charge on any atom is -0.348 e. The molecule has 0 radical (unpaired) electrons. The molecule has 0 amide bonds. The number of hydrogen-bond donors (Lipinski definition) is 1. The smallest absolute Gasteiger partial charge is 0.185 e. The van der Waals surface area contributed by atoms with Crippen molar-refractivity contribution in [3.8, 4) is 0 Å². The van der Waals surface area contributed by atoms with E-state index in [4.69, 9.17) is 4.98 Å². The van der Waals surface area contributed by atoms with E-state index in [-0.39, 0.29) is 0 Å². The number of nitrogens with zero attached hydrogens (tertiary/aromatic N) is 2. The number of aromatic nitrogens is 1. The van der Waals surface area contributed by atoms with Crippen molar-refractivity contribution < 1.29 is 0 Å². The molecule has 0 aromatic carbocycles. The van der Waals surface area contributed by atoms with E-state index in [1.54, 1.807) is 0 Å². The van der Waals surface area contributed by atoms with Crippen LogP contribution in [0.15, 0.2) is 0 Å². The minimum atomic E-state index is 0.425. The molecule has 2 rings (SSSR count). The normalized spacial score (nSPS) is 18.5. The summed E-state index contributed by atoms with van der Waals surface area (Å²) >= 11 is 1.89. The van der Waals surface area contributed by atoms with Crippen molar-refractivity contribution in [2.45, 2.75) is 59.4 Å². The van der Waals surface area contributed by atoms with Crippen LogP contribution in [0.1, 0.15) is 63.1 Å². The molecule has 4 heteroatoms. The lowest BCUT2D eigenvalue weighted by molar-refractivity contribution is 0.395. The Kier molecular flexibility index (Phi) is 5.85. The number of piperidine rings is 1. The molecule has 0 spiro atoms. The Bertz CT molecular complexity index is 408. The molecule has 2 heterocycles. The molecule has 0 bridgehead atoms. The quantitative estimate of drug-likeness (QED) is 0.855. The molecule has 1 N–H and O–H groups in total. The first kappa shape index (κ1) is 15.8. The number of nitrogens with one attached hydrogen (secondary N) is 1. The molecule has 3 nitrogen and oxygen atoms in total. The highest BCUT2D eigenvalue weighted by Crippen LogP contribution is 2.33. The van der Waals surface area contributed by atoms with Gasteiger partial charge in [-0.1, -0.05) is 20.3 Å². The van der Waals surface area contributed by atoms with Crippen molar-refractivity contribution in [3.05, 3.63) is 10.6 Å². The van der Waals surface area contributed by atoms with Gasteiger partial charge >= 0.3 is 0 Å². The van der Waals surface area contributed by atoms with Crippen molar-refractivity contribution in [2.75, 3.05) is 24.5 Å². The Balaban J connectivity index is 2.00. The van der Waals surface area contributed by atoms with Crippen LogP contribution in [0, 0.1) is 12.8 Å². The molecular weight excluding hydrogens is 266 g/mol. The van der Waals surface area contributed by atoms with Gasteiger partial charge in [-0.05, 0) is 45.6 Å². The maximum atomic E-state index is 4.82. The fourth-order valence-corrected chi connectivity index (χ4v) is 4.06. The van der Waals surface area contributed by atoms with Gasteiger partial charge in [-0.3, -0.25) is 0 Å². The molecule has 114 valence electrons. The van der Waals surface area contributed by atoms with Gasteiger partial charge in [-0.2, -0.15) is 0 Å². The van der Waals surface area contributed by atoms with E-state index in [0.29, 0.717) is 6.04 Å². The van der Waals surface area contributed by atoms with E-state index in [2.05, 4.69) is 37.9 Å². The average Bonchev–Trinajstić information content (AvgIpc) is 2.87. The molecule has 1 aliphatic rings. The van der Waals surface area contributed by atoms with Crippen LogP contribution in [-0.2, 0) is 0 Å². The van der Waals surface area contributed by atoms with Crippen LogP contribution >= 0.6 is 11.3 Å². The fourth-order valence-electron chi connectivity index (χ4n) is 2.92. The van der Waals surface area contributed by atoms with Gasteiger partial charge in [-0.15, -0.1) is 11.3 Å². The van der Waals surface area contributed by atoms with Crippen LogP contribution in [0.5, 0.6) is 0 Å². The maximum Gasteiger partial charge on any atom is 0.185 e. The van der Waals surface area contributed by atoms with Crippen LogP contribution in [0.25, 0.3) is 0 Å². The highest BCUT2D eigenvalue weighted by Gasteiger charge is 2.22. The molecule has 1 unspecified atom stereocenters. The van der Waals surface area contributed by atoms with E-state index in [9.17, 15) is 0 Å². The van der Waals surface area contributed by atoms with Gasteiger partial charge in [0.15, 0.2) is 5.13 Å². The lowest BCUT2D eigenvalue weighted by atomic mass is 9.95. The van der Waals surface area contributed by atoms with E-state index < -0.39 is 0 Å². The van der Waals surface area contributed by atoms with Gasteiger partial charge in [0.2, 0.25) is 0 Å². The van der Waals surface area contributed by atoms with Crippen LogP contribution in [0.2, 0.25) is 0 Å². The molecule has 1 aromatic rings. The molecular formula is C16H29N3S. The number of rotatable bonds is 6. The Hall–Kier alpha value is -0.610. The number of thiazole rings is 1. The second kappa shape index (κ2) is 7.41. The molecule has 20 heavy (non-hydrogen) atoms. The van der Waals surface area contributed by atoms with Crippen molar-refractivity contribution in [1.82, 2.24) is 10.3 Å². The fraction of sp³-hybridized carbons (Fsp3) is 0.812. The van der Waals surface area contributed by atoms with Gasteiger partial charge < -0.3 is 10.2 Å². The summed E-state index contributed by atoms with van der Waals surface area (Å²) < 4.78 is 0. The van der Waals surface area contributed by atoms with E-state index in [1.807, 2.05) is 11.3 Å². The standard InChI is InChI=1S/C16H29N3S/c1-5-9-17-12(3)15-13(4)18-16(20-15)19-10-7-14(6-2)8-11-19/h12,14,17H,5-11H2,1-4H3.